The molecule has 0 amide bonds. The molecule has 17 heavy (non-hydrogen) atoms. The van der Waals surface area contributed by atoms with Crippen molar-refractivity contribution >= 4 is 22.9 Å². The van der Waals surface area contributed by atoms with E-state index < -0.39 is 5.97 Å². The third-order valence-corrected chi connectivity index (χ3v) is 2.46. The minimum Gasteiger partial charge on any atom is -0.481 e. The van der Waals surface area contributed by atoms with Crippen LogP contribution in [0.15, 0.2) is 42.6 Å². The maximum Gasteiger partial charge on any atom is 0.303 e. The number of aliphatic carboxylic acids is 1. The van der Waals surface area contributed by atoms with Crippen molar-refractivity contribution in [2.24, 2.45) is 0 Å². The Hall–Kier alpha value is -2.16. The standard InChI is InChI=1S/C14H13NO2/c16-14(17)6-2-1-4-11-7-8-13-12(10-11)5-3-9-15-13/h1,3-5,7-10H,2,6H2,(H,16,17)/b4-1+. The first-order valence-corrected chi connectivity index (χ1v) is 5.49. The topological polar surface area (TPSA) is 50.2 Å². The van der Waals surface area contributed by atoms with Gasteiger partial charge >= 0.3 is 5.97 Å². The molecule has 0 fully saturated rings. The smallest absolute Gasteiger partial charge is 0.303 e. The number of aromatic nitrogens is 1. The van der Waals surface area contributed by atoms with Crippen LogP contribution in [0.2, 0.25) is 0 Å². The van der Waals surface area contributed by atoms with Crippen molar-refractivity contribution in [2.45, 2.75) is 12.8 Å². The van der Waals surface area contributed by atoms with Crippen LogP contribution >= 0.6 is 0 Å². The summed E-state index contributed by atoms with van der Waals surface area (Å²) in [7, 11) is 0. The first-order chi connectivity index (χ1) is 8.25. The van der Waals surface area contributed by atoms with Crippen molar-refractivity contribution in [2.75, 3.05) is 0 Å². The summed E-state index contributed by atoms with van der Waals surface area (Å²) in [6.07, 6.45) is 6.32. The van der Waals surface area contributed by atoms with Crippen LogP contribution in [0.25, 0.3) is 17.0 Å². The van der Waals surface area contributed by atoms with Crippen LogP contribution in [0.5, 0.6) is 0 Å². The summed E-state index contributed by atoms with van der Waals surface area (Å²) >= 11 is 0. The van der Waals surface area contributed by atoms with Gasteiger partial charge in [0, 0.05) is 18.0 Å². The first kappa shape index (κ1) is 11.3. The van der Waals surface area contributed by atoms with E-state index in [2.05, 4.69) is 4.98 Å². The van der Waals surface area contributed by atoms with Crippen LogP contribution in [0.4, 0.5) is 0 Å². The molecule has 0 spiro atoms. The molecule has 0 aliphatic carbocycles. The van der Waals surface area contributed by atoms with Crippen molar-refractivity contribution < 1.29 is 9.90 Å². The molecule has 2 rings (SSSR count). The summed E-state index contributed by atoms with van der Waals surface area (Å²) in [5, 5.41) is 9.60. The van der Waals surface area contributed by atoms with E-state index in [0.717, 1.165) is 16.5 Å². The van der Waals surface area contributed by atoms with Gasteiger partial charge in [0.1, 0.15) is 0 Å². The molecule has 0 saturated heterocycles. The van der Waals surface area contributed by atoms with Gasteiger partial charge in [-0.15, -0.1) is 0 Å². The predicted molar refractivity (Wildman–Crippen MR) is 67.6 cm³/mol. The summed E-state index contributed by atoms with van der Waals surface area (Å²) < 4.78 is 0. The summed E-state index contributed by atoms with van der Waals surface area (Å²) in [6.45, 7) is 0. The molecular formula is C14H13NO2. The Morgan fingerprint density at radius 2 is 2.24 bits per heavy atom. The predicted octanol–water partition coefficient (Wildman–Crippen LogP) is 3.11. The molecule has 1 aromatic carbocycles. The van der Waals surface area contributed by atoms with E-state index in [1.165, 1.54) is 0 Å². The molecule has 1 heterocycles. The van der Waals surface area contributed by atoms with Crippen LogP contribution in [-0.4, -0.2) is 16.1 Å². The van der Waals surface area contributed by atoms with Crippen LogP contribution in [-0.2, 0) is 4.79 Å². The Morgan fingerprint density at radius 3 is 3.06 bits per heavy atom. The average molecular weight is 227 g/mol. The molecule has 1 aromatic heterocycles. The van der Waals surface area contributed by atoms with Gasteiger partial charge in [0.25, 0.3) is 0 Å². The zero-order chi connectivity index (χ0) is 12.1. The number of hydrogen-bond donors (Lipinski definition) is 1. The lowest BCUT2D eigenvalue weighted by Gasteiger charge is -1.98. The van der Waals surface area contributed by atoms with Gasteiger partial charge in [-0.1, -0.05) is 24.3 Å². The fourth-order valence-electron chi connectivity index (χ4n) is 1.62. The van der Waals surface area contributed by atoms with Gasteiger partial charge in [-0.05, 0) is 30.2 Å². The number of rotatable bonds is 4. The second kappa shape index (κ2) is 5.25. The van der Waals surface area contributed by atoms with Crippen molar-refractivity contribution in [3.05, 3.63) is 48.2 Å². The highest BCUT2D eigenvalue weighted by Crippen LogP contribution is 2.14. The number of fused-ring (bicyclic) bond motifs is 1. The number of carbonyl (C=O) groups is 1. The number of carboxylic acids is 1. The highest BCUT2D eigenvalue weighted by Gasteiger charge is 1.95. The van der Waals surface area contributed by atoms with Gasteiger partial charge in [0.2, 0.25) is 0 Å². The van der Waals surface area contributed by atoms with Gasteiger partial charge < -0.3 is 5.11 Å². The Bertz CT molecular complexity index is 561. The summed E-state index contributed by atoms with van der Waals surface area (Å²) in [6, 6.07) is 9.90. The zero-order valence-electron chi connectivity index (χ0n) is 9.34. The Labute approximate surface area is 99.4 Å². The molecule has 0 saturated carbocycles. The van der Waals surface area contributed by atoms with Crippen molar-refractivity contribution in [1.82, 2.24) is 4.98 Å². The van der Waals surface area contributed by atoms with Crippen LogP contribution in [0, 0.1) is 0 Å². The van der Waals surface area contributed by atoms with Crippen molar-refractivity contribution in [3.8, 4) is 0 Å². The van der Waals surface area contributed by atoms with Gasteiger partial charge in [-0.3, -0.25) is 9.78 Å². The van der Waals surface area contributed by atoms with E-state index in [1.807, 2.05) is 42.5 Å². The normalized spacial score (nSPS) is 11.1. The number of hydrogen-bond acceptors (Lipinski definition) is 2. The molecule has 3 heteroatoms. The molecule has 0 radical (unpaired) electrons. The summed E-state index contributed by atoms with van der Waals surface area (Å²) in [5.41, 5.74) is 2.03. The molecule has 0 atom stereocenters. The van der Waals surface area contributed by atoms with Gasteiger partial charge in [-0.25, -0.2) is 0 Å². The monoisotopic (exact) mass is 227 g/mol. The number of carboxylic acid groups (broad SMARTS) is 1. The van der Waals surface area contributed by atoms with Crippen molar-refractivity contribution in [3.63, 3.8) is 0 Å². The van der Waals surface area contributed by atoms with E-state index in [4.69, 9.17) is 5.11 Å². The Kier molecular flexibility index (Phi) is 3.50. The maximum absolute atomic E-state index is 10.3. The minimum absolute atomic E-state index is 0.172. The molecule has 1 N–H and O–H groups in total. The zero-order valence-corrected chi connectivity index (χ0v) is 9.34. The maximum atomic E-state index is 10.3. The number of nitrogens with zero attached hydrogens (tertiary/aromatic N) is 1. The van der Waals surface area contributed by atoms with E-state index in [-0.39, 0.29) is 6.42 Å². The molecule has 0 bridgehead atoms. The molecular weight excluding hydrogens is 214 g/mol. The second-order valence-corrected chi connectivity index (χ2v) is 3.79. The lowest BCUT2D eigenvalue weighted by Crippen LogP contribution is -1.91. The van der Waals surface area contributed by atoms with Crippen molar-refractivity contribution in [1.29, 1.82) is 0 Å². The lowest BCUT2D eigenvalue weighted by atomic mass is 10.1. The third-order valence-electron chi connectivity index (χ3n) is 2.46. The van der Waals surface area contributed by atoms with Crippen LogP contribution in [0.1, 0.15) is 18.4 Å². The van der Waals surface area contributed by atoms with Gasteiger partial charge in [-0.2, -0.15) is 0 Å². The summed E-state index contributed by atoms with van der Waals surface area (Å²) in [4.78, 5) is 14.6. The molecule has 0 unspecified atom stereocenters. The largest absolute Gasteiger partial charge is 0.481 e. The molecule has 0 aliphatic rings. The van der Waals surface area contributed by atoms with Crippen LogP contribution in [0.3, 0.4) is 0 Å². The number of benzene rings is 1. The number of pyridine rings is 1. The third kappa shape index (κ3) is 3.14. The lowest BCUT2D eigenvalue weighted by molar-refractivity contribution is -0.136. The highest BCUT2D eigenvalue weighted by molar-refractivity contribution is 5.81. The van der Waals surface area contributed by atoms with Crippen LogP contribution < -0.4 is 0 Å². The average Bonchev–Trinajstić information content (AvgIpc) is 2.34. The van der Waals surface area contributed by atoms with E-state index in [1.54, 1.807) is 6.20 Å². The summed E-state index contributed by atoms with van der Waals surface area (Å²) in [5.74, 6) is -0.766. The van der Waals surface area contributed by atoms with Gasteiger partial charge in [0.15, 0.2) is 0 Å². The second-order valence-electron chi connectivity index (χ2n) is 3.79. The number of allylic oxidation sites excluding steroid dienone is 1. The SMILES string of the molecule is O=C(O)CC/C=C/c1ccc2ncccc2c1. The van der Waals surface area contributed by atoms with E-state index in [0.29, 0.717) is 6.42 Å². The molecule has 86 valence electrons. The van der Waals surface area contributed by atoms with E-state index >= 15 is 0 Å². The first-order valence-electron chi connectivity index (χ1n) is 5.49. The molecule has 2 aromatic rings. The Balaban J connectivity index is 2.11. The Morgan fingerprint density at radius 1 is 1.35 bits per heavy atom. The highest BCUT2D eigenvalue weighted by atomic mass is 16.4. The molecule has 3 nitrogen and oxygen atoms in total. The van der Waals surface area contributed by atoms with Gasteiger partial charge in [0.05, 0.1) is 5.52 Å². The minimum atomic E-state index is -0.766. The quantitative estimate of drug-likeness (QED) is 0.873. The molecule has 0 aliphatic heterocycles. The fraction of sp³-hybridized carbons (Fsp3) is 0.143. The van der Waals surface area contributed by atoms with E-state index in [9.17, 15) is 4.79 Å². The fourth-order valence-corrected chi connectivity index (χ4v) is 1.62.